The standard InChI is InChI=1S/C15H27NO/c1-11(2)9-12-15(10-13(17)16-12)8-6-5-7-14(15,3)4/h11-12H,5-10H2,1-4H3,(H,16,17). The Hall–Kier alpha value is -0.530. The second-order valence-corrected chi connectivity index (χ2v) is 7.17. The molecule has 0 aromatic rings. The third-order valence-corrected chi connectivity index (χ3v) is 5.21. The number of carbonyl (C=O) groups is 1. The lowest BCUT2D eigenvalue weighted by Gasteiger charge is -2.51. The molecular weight excluding hydrogens is 210 g/mol. The molecule has 2 aliphatic rings. The molecular formula is C15H27NO. The average molecular weight is 237 g/mol. The van der Waals surface area contributed by atoms with Crippen LogP contribution in [0.4, 0.5) is 0 Å². The molecule has 2 atom stereocenters. The van der Waals surface area contributed by atoms with Crippen LogP contribution in [0.25, 0.3) is 0 Å². The molecule has 1 saturated carbocycles. The van der Waals surface area contributed by atoms with Gasteiger partial charge < -0.3 is 5.32 Å². The van der Waals surface area contributed by atoms with Gasteiger partial charge in [-0.05, 0) is 30.6 Å². The van der Waals surface area contributed by atoms with Crippen molar-refractivity contribution >= 4 is 5.91 Å². The lowest BCUT2D eigenvalue weighted by molar-refractivity contribution is -0.120. The second kappa shape index (κ2) is 4.29. The topological polar surface area (TPSA) is 29.1 Å². The van der Waals surface area contributed by atoms with Gasteiger partial charge >= 0.3 is 0 Å². The number of hydrogen-bond acceptors (Lipinski definition) is 1. The van der Waals surface area contributed by atoms with Crippen LogP contribution in [-0.2, 0) is 4.79 Å². The van der Waals surface area contributed by atoms with E-state index in [1.807, 2.05) is 0 Å². The minimum absolute atomic E-state index is 0.229. The minimum Gasteiger partial charge on any atom is -0.353 e. The van der Waals surface area contributed by atoms with E-state index in [1.54, 1.807) is 0 Å². The Labute approximate surface area is 106 Å². The SMILES string of the molecule is CC(C)CC1NC(=O)CC12CCCCC2(C)C. The summed E-state index contributed by atoms with van der Waals surface area (Å²) in [6, 6.07) is 0.408. The third kappa shape index (κ3) is 2.11. The molecule has 1 saturated heterocycles. The van der Waals surface area contributed by atoms with Gasteiger partial charge in [0.05, 0.1) is 0 Å². The van der Waals surface area contributed by atoms with Crippen molar-refractivity contribution < 1.29 is 4.79 Å². The van der Waals surface area contributed by atoms with Crippen molar-refractivity contribution in [1.82, 2.24) is 5.32 Å². The van der Waals surface area contributed by atoms with E-state index in [1.165, 1.54) is 25.7 Å². The van der Waals surface area contributed by atoms with Crippen LogP contribution in [0.1, 0.15) is 66.2 Å². The molecule has 0 radical (unpaired) electrons. The van der Waals surface area contributed by atoms with E-state index in [-0.39, 0.29) is 11.3 Å². The molecule has 1 heterocycles. The van der Waals surface area contributed by atoms with Gasteiger partial charge in [0, 0.05) is 17.9 Å². The van der Waals surface area contributed by atoms with Gasteiger partial charge in [0.15, 0.2) is 0 Å². The molecule has 1 amide bonds. The number of amides is 1. The van der Waals surface area contributed by atoms with Gasteiger partial charge in [-0.25, -0.2) is 0 Å². The van der Waals surface area contributed by atoms with Crippen LogP contribution in [-0.4, -0.2) is 11.9 Å². The first-order valence-corrected chi connectivity index (χ1v) is 7.17. The fourth-order valence-electron chi connectivity index (χ4n) is 4.12. The molecule has 17 heavy (non-hydrogen) atoms. The fraction of sp³-hybridized carbons (Fsp3) is 0.933. The summed E-state index contributed by atoms with van der Waals surface area (Å²) >= 11 is 0. The fourth-order valence-corrected chi connectivity index (χ4v) is 4.12. The summed E-state index contributed by atoms with van der Waals surface area (Å²) in [4.78, 5) is 11.9. The maximum atomic E-state index is 11.9. The van der Waals surface area contributed by atoms with Gasteiger partial charge in [-0.3, -0.25) is 4.79 Å². The van der Waals surface area contributed by atoms with E-state index in [2.05, 4.69) is 33.0 Å². The highest BCUT2D eigenvalue weighted by Gasteiger charge is 2.56. The van der Waals surface area contributed by atoms with Gasteiger partial charge in [-0.1, -0.05) is 40.5 Å². The van der Waals surface area contributed by atoms with Crippen molar-refractivity contribution in [3.63, 3.8) is 0 Å². The van der Waals surface area contributed by atoms with E-state index >= 15 is 0 Å². The van der Waals surface area contributed by atoms with Crippen molar-refractivity contribution in [3.05, 3.63) is 0 Å². The largest absolute Gasteiger partial charge is 0.353 e. The zero-order valence-corrected chi connectivity index (χ0v) is 11.8. The van der Waals surface area contributed by atoms with Crippen molar-refractivity contribution in [2.24, 2.45) is 16.7 Å². The molecule has 2 heteroatoms. The first-order chi connectivity index (χ1) is 7.87. The Morgan fingerprint density at radius 2 is 1.94 bits per heavy atom. The molecule has 1 aliphatic heterocycles. The molecule has 0 bridgehead atoms. The summed E-state index contributed by atoms with van der Waals surface area (Å²) in [5, 5.41) is 3.26. The zero-order chi connectivity index (χ0) is 12.7. The van der Waals surface area contributed by atoms with Gasteiger partial charge in [-0.15, -0.1) is 0 Å². The zero-order valence-electron chi connectivity index (χ0n) is 11.8. The molecule has 1 aliphatic carbocycles. The Kier molecular flexibility index (Phi) is 3.26. The summed E-state index contributed by atoms with van der Waals surface area (Å²) in [6.45, 7) is 9.27. The average Bonchev–Trinajstić information content (AvgIpc) is 2.49. The summed E-state index contributed by atoms with van der Waals surface area (Å²) in [6.07, 6.45) is 7.03. The van der Waals surface area contributed by atoms with E-state index in [4.69, 9.17) is 0 Å². The molecule has 0 aromatic carbocycles. The molecule has 1 N–H and O–H groups in total. The number of carbonyl (C=O) groups excluding carboxylic acids is 1. The van der Waals surface area contributed by atoms with Gasteiger partial charge in [0.25, 0.3) is 0 Å². The van der Waals surface area contributed by atoms with Gasteiger partial charge in [0.2, 0.25) is 5.91 Å². The molecule has 2 fully saturated rings. The van der Waals surface area contributed by atoms with Gasteiger partial charge in [0.1, 0.15) is 0 Å². The van der Waals surface area contributed by atoms with Crippen LogP contribution < -0.4 is 5.32 Å². The van der Waals surface area contributed by atoms with E-state index in [0.717, 1.165) is 12.8 Å². The summed E-state index contributed by atoms with van der Waals surface area (Å²) in [5.41, 5.74) is 0.538. The maximum absolute atomic E-state index is 11.9. The molecule has 1 spiro atoms. The van der Waals surface area contributed by atoms with Crippen LogP contribution in [0.2, 0.25) is 0 Å². The Morgan fingerprint density at radius 1 is 1.29 bits per heavy atom. The lowest BCUT2D eigenvalue weighted by Crippen LogP contribution is -2.49. The normalized spacial score (nSPS) is 36.5. The number of rotatable bonds is 2. The molecule has 2 rings (SSSR count). The van der Waals surface area contributed by atoms with Gasteiger partial charge in [-0.2, -0.15) is 0 Å². The Balaban J connectivity index is 2.28. The number of nitrogens with one attached hydrogen (secondary N) is 1. The quantitative estimate of drug-likeness (QED) is 0.782. The van der Waals surface area contributed by atoms with Crippen molar-refractivity contribution in [2.45, 2.75) is 72.3 Å². The van der Waals surface area contributed by atoms with Crippen LogP contribution in [0.15, 0.2) is 0 Å². The highest BCUT2D eigenvalue weighted by Crippen LogP contribution is 2.57. The highest BCUT2D eigenvalue weighted by atomic mass is 16.2. The van der Waals surface area contributed by atoms with Crippen molar-refractivity contribution in [2.75, 3.05) is 0 Å². The predicted molar refractivity (Wildman–Crippen MR) is 70.7 cm³/mol. The highest BCUT2D eigenvalue weighted by molar-refractivity contribution is 5.80. The molecule has 98 valence electrons. The second-order valence-electron chi connectivity index (χ2n) is 7.17. The van der Waals surface area contributed by atoms with Crippen LogP contribution >= 0.6 is 0 Å². The van der Waals surface area contributed by atoms with E-state index < -0.39 is 0 Å². The summed E-state index contributed by atoms with van der Waals surface area (Å²) in [7, 11) is 0. The molecule has 2 nitrogen and oxygen atoms in total. The predicted octanol–water partition coefficient (Wildman–Crippen LogP) is 3.51. The van der Waals surface area contributed by atoms with E-state index in [9.17, 15) is 4.79 Å². The summed E-state index contributed by atoms with van der Waals surface area (Å²) < 4.78 is 0. The van der Waals surface area contributed by atoms with Crippen LogP contribution in [0.3, 0.4) is 0 Å². The minimum atomic E-state index is 0.229. The monoisotopic (exact) mass is 237 g/mol. The van der Waals surface area contributed by atoms with Crippen LogP contribution in [0, 0.1) is 16.7 Å². The summed E-state index contributed by atoms with van der Waals surface area (Å²) in [5.74, 6) is 0.943. The molecule has 2 unspecified atom stereocenters. The molecule has 0 aromatic heterocycles. The third-order valence-electron chi connectivity index (χ3n) is 5.21. The van der Waals surface area contributed by atoms with Crippen molar-refractivity contribution in [1.29, 1.82) is 0 Å². The first-order valence-electron chi connectivity index (χ1n) is 7.17. The van der Waals surface area contributed by atoms with Crippen LogP contribution in [0.5, 0.6) is 0 Å². The van der Waals surface area contributed by atoms with Crippen molar-refractivity contribution in [3.8, 4) is 0 Å². The Morgan fingerprint density at radius 3 is 2.53 bits per heavy atom. The van der Waals surface area contributed by atoms with E-state index in [0.29, 0.717) is 17.4 Å². The number of hydrogen-bond donors (Lipinski definition) is 1. The maximum Gasteiger partial charge on any atom is 0.220 e. The Bertz CT molecular complexity index is 308. The first kappa shape index (κ1) is 12.9. The lowest BCUT2D eigenvalue weighted by atomic mass is 9.53. The smallest absolute Gasteiger partial charge is 0.220 e.